The highest BCUT2D eigenvalue weighted by Gasteiger charge is 2.09. The maximum absolute atomic E-state index is 5.52. The summed E-state index contributed by atoms with van der Waals surface area (Å²) in [7, 11) is 1.65. The Morgan fingerprint density at radius 2 is 2.14 bits per heavy atom. The normalized spacial score (nSPS) is 10.6. The molecular formula is C12H19N7O2. The van der Waals surface area contributed by atoms with Crippen LogP contribution < -0.4 is 10.1 Å². The van der Waals surface area contributed by atoms with Crippen LogP contribution >= 0.6 is 0 Å². The first kappa shape index (κ1) is 15.1. The second-order valence-electron chi connectivity index (χ2n) is 4.20. The third kappa shape index (κ3) is 4.63. The van der Waals surface area contributed by atoms with Crippen molar-refractivity contribution in [2.75, 3.05) is 32.2 Å². The summed E-state index contributed by atoms with van der Waals surface area (Å²) in [6.07, 6.45) is 4.67. The van der Waals surface area contributed by atoms with E-state index < -0.39 is 0 Å². The molecule has 0 saturated heterocycles. The average Bonchev–Trinajstić information content (AvgIpc) is 3.04. The minimum atomic E-state index is 0.255. The monoisotopic (exact) mass is 293 g/mol. The molecule has 0 aromatic carbocycles. The molecule has 0 aliphatic carbocycles. The van der Waals surface area contributed by atoms with Crippen molar-refractivity contribution in [2.45, 2.75) is 19.8 Å². The highest BCUT2D eigenvalue weighted by atomic mass is 16.5. The van der Waals surface area contributed by atoms with Gasteiger partial charge in [0, 0.05) is 26.7 Å². The minimum absolute atomic E-state index is 0.255. The van der Waals surface area contributed by atoms with Gasteiger partial charge < -0.3 is 14.8 Å². The van der Waals surface area contributed by atoms with Crippen LogP contribution in [-0.2, 0) is 4.74 Å². The molecule has 9 heteroatoms. The molecule has 114 valence electrons. The Balaban J connectivity index is 2.12. The standard InChI is InChI=1S/C12H19N7O2/c1-3-5-14-10-16-11(19-9-13-8-15-19)18-12(17-10)21-7-4-6-20-2/h8-9H,3-7H2,1-2H3,(H,14,16,17,18). The highest BCUT2D eigenvalue weighted by molar-refractivity contribution is 5.29. The first-order valence-corrected chi connectivity index (χ1v) is 6.80. The summed E-state index contributed by atoms with van der Waals surface area (Å²) in [5, 5.41) is 7.12. The molecule has 0 radical (unpaired) electrons. The van der Waals surface area contributed by atoms with E-state index in [9.17, 15) is 0 Å². The smallest absolute Gasteiger partial charge is 0.323 e. The Morgan fingerprint density at radius 3 is 2.86 bits per heavy atom. The first-order valence-electron chi connectivity index (χ1n) is 6.80. The summed E-state index contributed by atoms with van der Waals surface area (Å²) in [6, 6.07) is 0.255. The number of ether oxygens (including phenoxy) is 2. The van der Waals surface area contributed by atoms with Crippen LogP contribution in [0.1, 0.15) is 19.8 Å². The summed E-state index contributed by atoms with van der Waals surface area (Å²) in [6.45, 7) is 3.93. The van der Waals surface area contributed by atoms with Crippen molar-refractivity contribution in [3.63, 3.8) is 0 Å². The molecule has 0 saturated carbocycles. The predicted octanol–water partition coefficient (Wildman–Crippen LogP) is 0.689. The van der Waals surface area contributed by atoms with Gasteiger partial charge in [-0.05, 0) is 6.42 Å². The molecule has 0 aliphatic heterocycles. The molecule has 0 fully saturated rings. The Hall–Kier alpha value is -2.29. The molecule has 0 unspecified atom stereocenters. The number of rotatable bonds is 9. The maximum atomic E-state index is 5.52. The van der Waals surface area contributed by atoms with Crippen LogP contribution in [0.5, 0.6) is 6.01 Å². The number of hydrogen-bond acceptors (Lipinski definition) is 8. The highest BCUT2D eigenvalue weighted by Crippen LogP contribution is 2.10. The van der Waals surface area contributed by atoms with Gasteiger partial charge in [0.2, 0.25) is 5.95 Å². The number of hydrogen-bond donors (Lipinski definition) is 1. The zero-order chi connectivity index (χ0) is 14.9. The van der Waals surface area contributed by atoms with Crippen molar-refractivity contribution in [2.24, 2.45) is 0 Å². The molecule has 0 spiro atoms. The molecule has 2 aromatic rings. The molecule has 9 nitrogen and oxygen atoms in total. The fraction of sp³-hybridized carbons (Fsp3) is 0.583. The number of anilines is 1. The van der Waals surface area contributed by atoms with E-state index in [1.54, 1.807) is 7.11 Å². The fourth-order valence-electron chi connectivity index (χ4n) is 1.51. The van der Waals surface area contributed by atoms with Crippen LogP contribution in [0.3, 0.4) is 0 Å². The zero-order valence-corrected chi connectivity index (χ0v) is 12.2. The van der Waals surface area contributed by atoms with E-state index in [1.807, 2.05) is 0 Å². The van der Waals surface area contributed by atoms with E-state index >= 15 is 0 Å². The van der Waals surface area contributed by atoms with Crippen LogP contribution in [0.4, 0.5) is 5.95 Å². The van der Waals surface area contributed by atoms with Gasteiger partial charge in [-0.15, -0.1) is 0 Å². The van der Waals surface area contributed by atoms with E-state index in [2.05, 4.69) is 37.3 Å². The number of methoxy groups -OCH3 is 1. The van der Waals surface area contributed by atoms with Crippen molar-refractivity contribution >= 4 is 5.95 Å². The van der Waals surface area contributed by atoms with Crippen molar-refractivity contribution in [3.05, 3.63) is 12.7 Å². The van der Waals surface area contributed by atoms with Crippen LogP contribution in [0.25, 0.3) is 5.95 Å². The molecular weight excluding hydrogens is 274 g/mol. The molecule has 0 atom stereocenters. The molecule has 0 aliphatic rings. The van der Waals surface area contributed by atoms with Crippen LogP contribution in [-0.4, -0.2) is 56.6 Å². The summed E-state index contributed by atoms with van der Waals surface area (Å²) < 4.78 is 12.0. The van der Waals surface area contributed by atoms with Gasteiger partial charge in [0.15, 0.2) is 0 Å². The third-order valence-electron chi connectivity index (χ3n) is 2.48. The van der Waals surface area contributed by atoms with Crippen molar-refractivity contribution < 1.29 is 9.47 Å². The summed E-state index contributed by atoms with van der Waals surface area (Å²) in [4.78, 5) is 16.6. The largest absolute Gasteiger partial charge is 0.463 e. The molecule has 0 bridgehead atoms. The Morgan fingerprint density at radius 1 is 1.24 bits per heavy atom. The first-order chi connectivity index (χ1) is 10.3. The van der Waals surface area contributed by atoms with Crippen LogP contribution in [0.15, 0.2) is 12.7 Å². The van der Waals surface area contributed by atoms with Gasteiger partial charge in [-0.25, -0.2) is 4.98 Å². The van der Waals surface area contributed by atoms with Crippen LogP contribution in [0.2, 0.25) is 0 Å². The van der Waals surface area contributed by atoms with E-state index in [4.69, 9.17) is 9.47 Å². The quantitative estimate of drug-likeness (QED) is 0.674. The molecule has 0 amide bonds. The lowest BCUT2D eigenvalue weighted by Crippen LogP contribution is -2.12. The molecule has 2 heterocycles. The SMILES string of the molecule is CCCNc1nc(OCCCOC)nc(-n2cncn2)n1. The predicted molar refractivity (Wildman–Crippen MR) is 75.5 cm³/mol. The summed E-state index contributed by atoms with van der Waals surface area (Å²) >= 11 is 0. The lowest BCUT2D eigenvalue weighted by molar-refractivity contribution is 0.168. The Labute approximate surface area is 122 Å². The number of aromatic nitrogens is 6. The van der Waals surface area contributed by atoms with Gasteiger partial charge >= 0.3 is 6.01 Å². The Bertz CT molecular complexity index is 532. The van der Waals surface area contributed by atoms with E-state index in [0.717, 1.165) is 19.4 Å². The molecule has 2 rings (SSSR count). The summed E-state index contributed by atoms with van der Waals surface area (Å²) in [5.41, 5.74) is 0. The van der Waals surface area contributed by atoms with Gasteiger partial charge in [-0.3, -0.25) is 0 Å². The second kappa shape index (κ2) is 8.10. The van der Waals surface area contributed by atoms with E-state index in [1.165, 1.54) is 17.3 Å². The zero-order valence-electron chi connectivity index (χ0n) is 12.2. The lowest BCUT2D eigenvalue weighted by Gasteiger charge is -2.08. The van der Waals surface area contributed by atoms with Crippen molar-refractivity contribution in [3.8, 4) is 12.0 Å². The second-order valence-corrected chi connectivity index (χ2v) is 4.20. The van der Waals surface area contributed by atoms with Gasteiger partial charge in [-0.1, -0.05) is 6.92 Å². The van der Waals surface area contributed by atoms with Crippen LogP contribution in [0, 0.1) is 0 Å². The van der Waals surface area contributed by atoms with E-state index in [-0.39, 0.29) is 6.01 Å². The maximum Gasteiger partial charge on any atom is 0.323 e. The van der Waals surface area contributed by atoms with Gasteiger partial charge in [0.25, 0.3) is 5.95 Å². The van der Waals surface area contributed by atoms with E-state index in [0.29, 0.717) is 25.1 Å². The van der Waals surface area contributed by atoms with Gasteiger partial charge in [0.1, 0.15) is 12.7 Å². The average molecular weight is 293 g/mol. The fourth-order valence-corrected chi connectivity index (χ4v) is 1.51. The van der Waals surface area contributed by atoms with Gasteiger partial charge in [0.05, 0.1) is 6.61 Å². The molecule has 21 heavy (non-hydrogen) atoms. The third-order valence-corrected chi connectivity index (χ3v) is 2.48. The molecule has 2 aromatic heterocycles. The topological polar surface area (TPSA) is 99.9 Å². The van der Waals surface area contributed by atoms with Crippen molar-refractivity contribution in [1.29, 1.82) is 0 Å². The molecule has 1 N–H and O–H groups in total. The van der Waals surface area contributed by atoms with Gasteiger partial charge in [-0.2, -0.15) is 24.7 Å². The number of nitrogens with one attached hydrogen (secondary N) is 1. The van der Waals surface area contributed by atoms with Crippen molar-refractivity contribution in [1.82, 2.24) is 29.7 Å². The summed E-state index contributed by atoms with van der Waals surface area (Å²) in [5.74, 6) is 0.821. The lowest BCUT2D eigenvalue weighted by atomic mass is 10.5. The Kier molecular flexibility index (Phi) is 5.83. The number of nitrogens with zero attached hydrogens (tertiary/aromatic N) is 6. The minimum Gasteiger partial charge on any atom is -0.463 e.